The maximum atomic E-state index is 5.58. The zero-order chi connectivity index (χ0) is 9.42. The molecule has 0 unspecified atom stereocenters. The number of aromatic nitrogens is 3. The molecule has 66 valence electrons. The van der Waals surface area contributed by atoms with Gasteiger partial charge in [-0.15, -0.1) is 0 Å². The number of nitrogens with two attached hydrogens (primary N) is 2. The highest BCUT2D eigenvalue weighted by Crippen LogP contribution is 2.16. The van der Waals surface area contributed by atoms with Crippen LogP contribution in [0.25, 0.3) is 11.0 Å². The topological polar surface area (TPSA) is 90.7 Å². The molecule has 0 aromatic carbocycles. The van der Waals surface area contributed by atoms with E-state index in [1.807, 2.05) is 6.92 Å². The van der Waals surface area contributed by atoms with E-state index in [0.717, 1.165) is 11.1 Å². The fraction of sp³-hybridized carbons (Fsp3) is 0.125. The van der Waals surface area contributed by atoms with Gasteiger partial charge in [0, 0.05) is 5.39 Å². The zero-order valence-corrected chi connectivity index (χ0v) is 7.15. The van der Waals surface area contributed by atoms with Crippen molar-refractivity contribution in [2.45, 2.75) is 6.92 Å². The molecular formula is C8H9N5. The fourth-order valence-corrected chi connectivity index (χ4v) is 1.19. The van der Waals surface area contributed by atoms with E-state index < -0.39 is 0 Å². The van der Waals surface area contributed by atoms with Crippen LogP contribution in [0.15, 0.2) is 12.3 Å². The summed E-state index contributed by atoms with van der Waals surface area (Å²) < 4.78 is 0. The van der Waals surface area contributed by atoms with Gasteiger partial charge in [-0.3, -0.25) is 0 Å². The highest BCUT2D eigenvalue weighted by molar-refractivity contribution is 5.80. The molecule has 0 aliphatic carbocycles. The van der Waals surface area contributed by atoms with Crippen LogP contribution in [0.4, 0.5) is 11.6 Å². The van der Waals surface area contributed by atoms with Crippen molar-refractivity contribution in [3.05, 3.63) is 18.0 Å². The molecule has 2 heterocycles. The van der Waals surface area contributed by atoms with Gasteiger partial charge in [0.2, 0.25) is 5.95 Å². The van der Waals surface area contributed by atoms with Gasteiger partial charge in [0.15, 0.2) is 5.65 Å². The van der Waals surface area contributed by atoms with Crippen LogP contribution in [0, 0.1) is 6.92 Å². The van der Waals surface area contributed by atoms with Crippen LogP contribution in [0.2, 0.25) is 0 Å². The SMILES string of the molecule is Cc1nc(N)nc2ncc(N)cc12. The van der Waals surface area contributed by atoms with Crippen LogP contribution < -0.4 is 11.5 Å². The largest absolute Gasteiger partial charge is 0.397 e. The lowest BCUT2D eigenvalue weighted by atomic mass is 10.2. The number of nitrogen functional groups attached to an aromatic ring is 2. The molecular weight excluding hydrogens is 166 g/mol. The molecule has 5 heteroatoms. The monoisotopic (exact) mass is 175 g/mol. The Bertz CT molecular complexity index is 465. The first-order valence-electron chi connectivity index (χ1n) is 3.82. The summed E-state index contributed by atoms with van der Waals surface area (Å²) in [7, 11) is 0. The first kappa shape index (κ1) is 7.72. The number of anilines is 2. The Morgan fingerprint density at radius 2 is 2.00 bits per heavy atom. The minimum atomic E-state index is 0.238. The van der Waals surface area contributed by atoms with E-state index >= 15 is 0 Å². The number of hydrogen-bond acceptors (Lipinski definition) is 5. The van der Waals surface area contributed by atoms with Gasteiger partial charge in [-0.2, -0.15) is 4.98 Å². The third kappa shape index (κ3) is 1.24. The number of fused-ring (bicyclic) bond motifs is 1. The van der Waals surface area contributed by atoms with E-state index in [0.29, 0.717) is 11.3 Å². The van der Waals surface area contributed by atoms with E-state index in [1.165, 1.54) is 0 Å². The molecule has 0 atom stereocenters. The van der Waals surface area contributed by atoms with Gasteiger partial charge < -0.3 is 11.5 Å². The molecule has 13 heavy (non-hydrogen) atoms. The molecule has 0 saturated heterocycles. The van der Waals surface area contributed by atoms with E-state index in [9.17, 15) is 0 Å². The molecule has 0 bridgehead atoms. The van der Waals surface area contributed by atoms with Crippen molar-refractivity contribution in [3.63, 3.8) is 0 Å². The van der Waals surface area contributed by atoms with Gasteiger partial charge >= 0.3 is 0 Å². The van der Waals surface area contributed by atoms with Gasteiger partial charge in [-0.1, -0.05) is 0 Å². The molecule has 2 aromatic heterocycles. The Hall–Kier alpha value is -1.91. The molecule has 0 aliphatic heterocycles. The molecule has 0 spiro atoms. The summed E-state index contributed by atoms with van der Waals surface area (Å²) in [4.78, 5) is 12.0. The summed E-state index contributed by atoms with van der Waals surface area (Å²) in [5.74, 6) is 0.238. The molecule has 0 amide bonds. The Morgan fingerprint density at radius 1 is 1.23 bits per heavy atom. The minimum absolute atomic E-state index is 0.238. The summed E-state index contributed by atoms with van der Waals surface area (Å²) in [6.07, 6.45) is 1.55. The molecule has 0 radical (unpaired) electrons. The third-order valence-corrected chi connectivity index (χ3v) is 1.78. The third-order valence-electron chi connectivity index (χ3n) is 1.78. The maximum absolute atomic E-state index is 5.58. The summed E-state index contributed by atoms with van der Waals surface area (Å²) in [5.41, 5.74) is 13.0. The smallest absolute Gasteiger partial charge is 0.222 e. The predicted molar refractivity (Wildman–Crippen MR) is 50.9 cm³/mol. The first-order valence-corrected chi connectivity index (χ1v) is 3.82. The Labute approximate surface area is 74.8 Å². The molecule has 2 aromatic rings. The summed E-state index contributed by atoms with van der Waals surface area (Å²) in [6, 6.07) is 1.79. The first-order chi connectivity index (χ1) is 6.16. The predicted octanol–water partition coefficient (Wildman–Crippen LogP) is 0.498. The molecule has 2 rings (SSSR count). The van der Waals surface area contributed by atoms with E-state index in [2.05, 4.69) is 15.0 Å². The Kier molecular flexibility index (Phi) is 1.51. The zero-order valence-electron chi connectivity index (χ0n) is 7.15. The van der Waals surface area contributed by atoms with Crippen molar-refractivity contribution < 1.29 is 0 Å². The van der Waals surface area contributed by atoms with E-state index in [-0.39, 0.29) is 5.95 Å². The maximum Gasteiger partial charge on any atom is 0.222 e. The average molecular weight is 175 g/mol. The highest BCUT2D eigenvalue weighted by Gasteiger charge is 2.02. The highest BCUT2D eigenvalue weighted by atomic mass is 15.0. The summed E-state index contributed by atoms with van der Waals surface area (Å²) >= 11 is 0. The van der Waals surface area contributed by atoms with Crippen LogP contribution in [-0.4, -0.2) is 15.0 Å². The van der Waals surface area contributed by atoms with E-state index in [4.69, 9.17) is 11.5 Å². The lowest BCUT2D eigenvalue weighted by molar-refractivity contribution is 1.14. The van der Waals surface area contributed by atoms with Crippen LogP contribution >= 0.6 is 0 Å². The lowest BCUT2D eigenvalue weighted by Gasteiger charge is -2.01. The lowest BCUT2D eigenvalue weighted by Crippen LogP contribution is -1.99. The molecule has 0 aliphatic rings. The molecule has 5 nitrogen and oxygen atoms in total. The Morgan fingerprint density at radius 3 is 2.77 bits per heavy atom. The summed E-state index contributed by atoms with van der Waals surface area (Å²) in [6.45, 7) is 1.85. The number of rotatable bonds is 0. The van der Waals surface area contributed by atoms with Crippen LogP contribution in [0.3, 0.4) is 0 Å². The fourth-order valence-electron chi connectivity index (χ4n) is 1.19. The molecule has 0 fully saturated rings. The van der Waals surface area contributed by atoms with Gasteiger partial charge in [-0.05, 0) is 13.0 Å². The standard InChI is InChI=1S/C8H9N5/c1-4-6-2-5(9)3-11-7(6)13-8(10)12-4/h2-3H,9H2,1H3,(H2,10,11,12,13). The van der Waals surface area contributed by atoms with Crippen LogP contribution in [0.5, 0.6) is 0 Å². The van der Waals surface area contributed by atoms with Crippen LogP contribution in [-0.2, 0) is 0 Å². The second-order valence-corrected chi connectivity index (χ2v) is 2.81. The van der Waals surface area contributed by atoms with Gasteiger partial charge in [0.25, 0.3) is 0 Å². The number of aryl methyl sites for hydroxylation is 1. The second-order valence-electron chi connectivity index (χ2n) is 2.81. The number of nitrogens with zero attached hydrogens (tertiary/aromatic N) is 3. The van der Waals surface area contributed by atoms with Crippen molar-refractivity contribution >= 4 is 22.7 Å². The van der Waals surface area contributed by atoms with Crippen molar-refractivity contribution in [1.82, 2.24) is 15.0 Å². The molecule has 4 N–H and O–H groups in total. The normalized spacial score (nSPS) is 10.5. The second kappa shape index (κ2) is 2.55. The van der Waals surface area contributed by atoms with Crippen molar-refractivity contribution in [1.29, 1.82) is 0 Å². The number of hydrogen-bond donors (Lipinski definition) is 2. The quantitative estimate of drug-likeness (QED) is 0.608. The van der Waals surface area contributed by atoms with Gasteiger partial charge in [0.1, 0.15) is 0 Å². The van der Waals surface area contributed by atoms with Crippen molar-refractivity contribution in [3.8, 4) is 0 Å². The van der Waals surface area contributed by atoms with Crippen molar-refractivity contribution in [2.24, 2.45) is 0 Å². The average Bonchev–Trinajstić information content (AvgIpc) is 2.06. The Balaban J connectivity index is 2.87. The van der Waals surface area contributed by atoms with Crippen molar-refractivity contribution in [2.75, 3.05) is 11.5 Å². The van der Waals surface area contributed by atoms with E-state index in [1.54, 1.807) is 12.3 Å². The van der Waals surface area contributed by atoms with Crippen LogP contribution in [0.1, 0.15) is 5.69 Å². The summed E-state index contributed by atoms with van der Waals surface area (Å²) in [5, 5.41) is 0.842. The minimum Gasteiger partial charge on any atom is -0.397 e. The van der Waals surface area contributed by atoms with Gasteiger partial charge in [-0.25, -0.2) is 9.97 Å². The van der Waals surface area contributed by atoms with Gasteiger partial charge in [0.05, 0.1) is 17.6 Å². The molecule has 0 saturated carbocycles. The number of pyridine rings is 1.